The first kappa shape index (κ1) is 12.7. The molecule has 0 bridgehead atoms. The zero-order valence-electron chi connectivity index (χ0n) is 8.83. The molecule has 0 fully saturated rings. The molecule has 14 heavy (non-hydrogen) atoms. The van der Waals surface area contributed by atoms with Gasteiger partial charge in [0.15, 0.2) is 0 Å². The van der Waals surface area contributed by atoms with E-state index in [0.29, 0.717) is 12.0 Å². The van der Waals surface area contributed by atoms with Crippen molar-refractivity contribution in [2.45, 2.75) is 39.7 Å². The predicted octanol–water partition coefficient (Wildman–Crippen LogP) is 1.32. The van der Waals surface area contributed by atoms with E-state index in [0.717, 1.165) is 6.42 Å². The molecule has 0 aliphatic rings. The topological polar surface area (TPSA) is 66.4 Å². The van der Waals surface area contributed by atoms with Crippen LogP contribution in [-0.2, 0) is 9.59 Å². The van der Waals surface area contributed by atoms with Crippen LogP contribution in [0.2, 0.25) is 0 Å². The number of carbonyl (C=O) groups excluding carboxylic acids is 1. The normalized spacial score (nSPS) is 13.5. The molecule has 2 N–H and O–H groups in total. The Bertz CT molecular complexity index is 246. The van der Waals surface area contributed by atoms with Crippen LogP contribution < -0.4 is 5.32 Å². The first-order chi connectivity index (χ1) is 6.52. The average molecular weight is 199 g/mol. The van der Waals surface area contributed by atoms with Gasteiger partial charge in [0.05, 0.1) is 0 Å². The second-order valence-corrected chi connectivity index (χ2v) is 3.07. The number of hydrogen-bond donors (Lipinski definition) is 2. The Morgan fingerprint density at radius 2 is 2.00 bits per heavy atom. The summed E-state index contributed by atoms with van der Waals surface area (Å²) in [5.41, 5.74) is 0.562. The lowest BCUT2D eigenvalue weighted by Gasteiger charge is -2.12. The number of nitrogens with one attached hydrogen (secondary N) is 1. The van der Waals surface area contributed by atoms with Crippen LogP contribution in [0.4, 0.5) is 0 Å². The van der Waals surface area contributed by atoms with Crippen molar-refractivity contribution in [1.82, 2.24) is 5.32 Å². The number of hydrogen-bond acceptors (Lipinski definition) is 2. The Labute approximate surface area is 84.0 Å². The van der Waals surface area contributed by atoms with Gasteiger partial charge < -0.3 is 10.4 Å². The first-order valence-corrected chi connectivity index (χ1v) is 4.73. The summed E-state index contributed by atoms with van der Waals surface area (Å²) in [6.07, 6.45) is 2.92. The summed E-state index contributed by atoms with van der Waals surface area (Å²) in [7, 11) is 0. The van der Waals surface area contributed by atoms with Crippen molar-refractivity contribution < 1.29 is 14.7 Å². The van der Waals surface area contributed by atoms with E-state index in [4.69, 9.17) is 5.11 Å². The zero-order chi connectivity index (χ0) is 11.1. The lowest BCUT2D eigenvalue weighted by atomic mass is 10.2. The van der Waals surface area contributed by atoms with E-state index in [2.05, 4.69) is 5.32 Å². The summed E-state index contributed by atoms with van der Waals surface area (Å²) in [5.74, 6) is -1.30. The number of aliphatic carboxylic acids is 1. The highest BCUT2D eigenvalue weighted by atomic mass is 16.4. The number of carbonyl (C=O) groups is 2. The van der Waals surface area contributed by atoms with E-state index in [1.165, 1.54) is 0 Å². The summed E-state index contributed by atoms with van der Waals surface area (Å²) >= 11 is 0. The van der Waals surface area contributed by atoms with E-state index in [-0.39, 0.29) is 5.91 Å². The minimum Gasteiger partial charge on any atom is -0.480 e. The third-order valence-corrected chi connectivity index (χ3v) is 1.88. The molecule has 0 heterocycles. The fraction of sp³-hybridized carbons (Fsp3) is 0.600. The fourth-order valence-corrected chi connectivity index (χ4v) is 1.01. The minimum absolute atomic E-state index is 0.305. The third-order valence-electron chi connectivity index (χ3n) is 1.88. The summed E-state index contributed by atoms with van der Waals surface area (Å²) in [4.78, 5) is 22.0. The lowest BCUT2D eigenvalue weighted by molar-refractivity contribution is -0.141. The summed E-state index contributed by atoms with van der Waals surface area (Å²) < 4.78 is 0. The van der Waals surface area contributed by atoms with Crippen LogP contribution in [0, 0.1) is 0 Å². The van der Waals surface area contributed by atoms with E-state index in [9.17, 15) is 9.59 Å². The molecule has 1 atom stereocenters. The van der Waals surface area contributed by atoms with Crippen molar-refractivity contribution in [2.75, 3.05) is 0 Å². The van der Waals surface area contributed by atoms with Gasteiger partial charge in [-0.3, -0.25) is 4.79 Å². The van der Waals surface area contributed by atoms with Gasteiger partial charge in [0, 0.05) is 5.57 Å². The SMILES string of the molecule is CCC=C(C)C(=O)N[C@H](CC)C(=O)O. The number of allylic oxidation sites excluding steroid dienone is 1. The first-order valence-electron chi connectivity index (χ1n) is 4.73. The Morgan fingerprint density at radius 3 is 2.36 bits per heavy atom. The second kappa shape index (κ2) is 6.18. The maximum absolute atomic E-state index is 11.4. The molecule has 4 heteroatoms. The standard InChI is InChI=1S/C10H17NO3/c1-4-6-7(3)9(12)11-8(5-2)10(13)14/h6,8H,4-5H2,1-3H3,(H,11,12)(H,13,14)/t8-/m1/s1. The highest BCUT2D eigenvalue weighted by Gasteiger charge is 2.17. The third kappa shape index (κ3) is 4.07. The summed E-state index contributed by atoms with van der Waals surface area (Å²) in [6, 6.07) is -0.789. The lowest BCUT2D eigenvalue weighted by Crippen LogP contribution is -2.40. The molecule has 0 aliphatic carbocycles. The second-order valence-electron chi connectivity index (χ2n) is 3.07. The molecule has 0 rings (SSSR count). The van der Waals surface area contributed by atoms with Crippen molar-refractivity contribution in [3.05, 3.63) is 11.6 Å². The molecule has 1 amide bonds. The maximum atomic E-state index is 11.4. The Balaban J connectivity index is 4.30. The van der Waals surface area contributed by atoms with Crippen LogP contribution in [0.15, 0.2) is 11.6 Å². The highest BCUT2D eigenvalue weighted by Crippen LogP contribution is 1.98. The Morgan fingerprint density at radius 1 is 1.43 bits per heavy atom. The molecule has 0 unspecified atom stereocenters. The van der Waals surface area contributed by atoms with Crippen LogP contribution >= 0.6 is 0 Å². The summed E-state index contributed by atoms with van der Waals surface area (Å²) in [5, 5.41) is 11.1. The molecule has 0 aromatic heterocycles. The quantitative estimate of drug-likeness (QED) is 0.656. The molecule has 0 aromatic rings. The molecule has 0 saturated carbocycles. The monoisotopic (exact) mass is 199 g/mol. The van der Waals surface area contributed by atoms with Crippen molar-refractivity contribution in [2.24, 2.45) is 0 Å². The van der Waals surface area contributed by atoms with Crippen molar-refractivity contribution in [1.29, 1.82) is 0 Å². The molecule has 4 nitrogen and oxygen atoms in total. The van der Waals surface area contributed by atoms with Crippen LogP contribution in [0.25, 0.3) is 0 Å². The van der Waals surface area contributed by atoms with Gasteiger partial charge in [-0.25, -0.2) is 4.79 Å². The Kier molecular flexibility index (Phi) is 5.60. The molecule has 80 valence electrons. The molecular weight excluding hydrogens is 182 g/mol. The molecule has 0 saturated heterocycles. The average Bonchev–Trinajstić information content (AvgIpc) is 2.13. The van der Waals surface area contributed by atoms with Gasteiger partial charge in [-0.2, -0.15) is 0 Å². The van der Waals surface area contributed by atoms with Gasteiger partial charge in [0.1, 0.15) is 6.04 Å². The van der Waals surface area contributed by atoms with Gasteiger partial charge in [0.25, 0.3) is 0 Å². The minimum atomic E-state index is -0.995. The van der Waals surface area contributed by atoms with Crippen molar-refractivity contribution >= 4 is 11.9 Å². The van der Waals surface area contributed by atoms with Crippen LogP contribution in [0.3, 0.4) is 0 Å². The van der Waals surface area contributed by atoms with Gasteiger partial charge >= 0.3 is 5.97 Å². The van der Waals surface area contributed by atoms with Crippen LogP contribution in [0.1, 0.15) is 33.6 Å². The molecular formula is C10H17NO3. The highest BCUT2D eigenvalue weighted by molar-refractivity contribution is 5.95. The van der Waals surface area contributed by atoms with E-state index in [1.807, 2.05) is 6.92 Å². The fourth-order valence-electron chi connectivity index (χ4n) is 1.01. The zero-order valence-corrected chi connectivity index (χ0v) is 8.83. The van der Waals surface area contributed by atoms with Crippen LogP contribution in [-0.4, -0.2) is 23.0 Å². The number of carboxylic acids is 1. The Hall–Kier alpha value is -1.32. The smallest absolute Gasteiger partial charge is 0.326 e. The van der Waals surface area contributed by atoms with Gasteiger partial charge in [-0.1, -0.05) is 19.9 Å². The molecule has 0 spiro atoms. The maximum Gasteiger partial charge on any atom is 0.326 e. The van der Waals surface area contributed by atoms with Crippen LogP contribution in [0.5, 0.6) is 0 Å². The molecule has 0 aromatic carbocycles. The van der Waals surface area contributed by atoms with Gasteiger partial charge in [0.2, 0.25) is 5.91 Å². The van der Waals surface area contributed by atoms with Gasteiger partial charge in [-0.05, 0) is 19.8 Å². The molecule has 0 aliphatic heterocycles. The van der Waals surface area contributed by atoms with E-state index in [1.54, 1.807) is 19.9 Å². The van der Waals surface area contributed by atoms with Gasteiger partial charge in [-0.15, -0.1) is 0 Å². The predicted molar refractivity (Wildman–Crippen MR) is 53.9 cm³/mol. The number of amides is 1. The largest absolute Gasteiger partial charge is 0.480 e. The van der Waals surface area contributed by atoms with E-state index >= 15 is 0 Å². The van der Waals surface area contributed by atoms with Crippen molar-refractivity contribution in [3.63, 3.8) is 0 Å². The van der Waals surface area contributed by atoms with E-state index < -0.39 is 12.0 Å². The number of carboxylic acid groups (broad SMARTS) is 1. The number of rotatable bonds is 5. The molecule has 0 radical (unpaired) electrons. The van der Waals surface area contributed by atoms with Crippen molar-refractivity contribution in [3.8, 4) is 0 Å². The summed E-state index contributed by atoms with van der Waals surface area (Å²) in [6.45, 7) is 5.32.